The maximum atomic E-state index is 5.70. The van der Waals surface area contributed by atoms with Crippen molar-refractivity contribution in [3.63, 3.8) is 0 Å². The number of methoxy groups -OCH3 is 1. The minimum atomic E-state index is 0.0700. The van der Waals surface area contributed by atoms with Crippen LogP contribution in [0.4, 0.5) is 0 Å². The van der Waals surface area contributed by atoms with Gasteiger partial charge in [-0.05, 0) is 42.0 Å². The van der Waals surface area contributed by atoms with Gasteiger partial charge >= 0.3 is 0 Å². The van der Waals surface area contributed by atoms with E-state index in [9.17, 15) is 0 Å². The molecule has 0 aliphatic rings. The molecule has 96 valence electrons. The number of rotatable bonds is 3. The number of hydrazine groups is 1. The van der Waals surface area contributed by atoms with Crippen molar-refractivity contribution in [1.29, 1.82) is 0 Å². The van der Waals surface area contributed by atoms with Crippen molar-refractivity contribution in [2.45, 2.75) is 40.7 Å². The van der Waals surface area contributed by atoms with Crippen molar-refractivity contribution in [2.75, 3.05) is 7.11 Å². The van der Waals surface area contributed by atoms with Crippen LogP contribution in [-0.2, 0) is 0 Å². The van der Waals surface area contributed by atoms with Crippen LogP contribution in [0.5, 0.6) is 5.75 Å². The predicted octanol–water partition coefficient (Wildman–Crippen LogP) is 2.86. The van der Waals surface area contributed by atoms with Crippen LogP contribution < -0.4 is 16.0 Å². The molecule has 1 aromatic carbocycles. The van der Waals surface area contributed by atoms with Gasteiger partial charge in [0.25, 0.3) is 0 Å². The molecule has 0 aliphatic carbocycles. The van der Waals surface area contributed by atoms with Crippen molar-refractivity contribution < 1.29 is 4.74 Å². The molecule has 1 unspecified atom stereocenters. The van der Waals surface area contributed by atoms with Gasteiger partial charge in [-0.15, -0.1) is 0 Å². The summed E-state index contributed by atoms with van der Waals surface area (Å²) in [5, 5.41) is 0. The van der Waals surface area contributed by atoms with Crippen molar-refractivity contribution in [2.24, 2.45) is 11.3 Å². The third kappa shape index (κ3) is 2.99. The molecule has 0 aromatic heterocycles. The third-order valence-corrected chi connectivity index (χ3v) is 3.13. The first-order valence-electron chi connectivity index (χ1n) is 5.92. The van der Waals surface area contributed by atoms with Gasteiger partial charge in [0, 0.05) is 0 Å². The SMILES string of the molecule is COc1cc(C)c(C(NN)C(C)(C)C)cc1C. The molecule has 17 heavy (non-hydrogen) atoms. The Balaban J connectivity index is 3.26. The van der Waals surface area contributed by atoms with Crippen molar-refractivity contribution in [3.8, 4) is 5.75 Å². The second-order valence-electron chi connectivity index (χ2n) is 5.64. The number of aryl methyl sites for hydroxylation is 2. The standard InChI is InChI=1S/C14H24N2O/c1-9-8-12(17-6)10(2)7-11(9)13(16-15)14(3,4)5/h7-8,13,16H,15H2,1-6H3. The number of ether oxygens (including phenoxy) is 1. The maximum absolute atomic E-state index is 5.70. The molecule has 1 atom stereocenters. The van der Waals surface area contributed by atoms with Crippen LogP contribution in [-0.4, -0.2) is 7.11 Å². The van der Waals surface area contributed by atoms with Gasteiger partial charge in [-0.1, -0.05) is 26.8 Å². The Labute approximate surface area is 104 Å². The lowest BCUT2D eigenvalue weighted by Gasteiger charge is -2.32. The highest BCUT2D eigenvalue weighted by atomic mass is 16.5. The lowest BCUT2D eigenvalue weighted by Crippen LogP contribution is -2.37. The first-order valence-corrected chi connectivity index (χ1v) is 5.92. The first-order chi connectivity index (χ1) is 7.81. The summed E-state index contributed by atoms with van der Waals surface area (Å²) in [6.45, 7) is 10.7. The zero-order valence-corrected chi connectivity index (χ0v) is 11.7. The number of hydrogen-bond acceptors (Lipinski definition) is 3. The minimum Gasteiger partial charge on any atom is -0.496 e. The molecule has 0 amide bonds. The summed E-state index contributed by atoms with van der Waals surface area (Å²) in [6, 6.07) is 4.36. The lowest BCUT2D eigenvalue weighted by atomic mass is 9.81. The van der Waals surface area contributed by atoms with Crippen molar-refractivity contribution in [3.05, 3.63) is 28.8 Å². The summed E-state index contributed by atoms with van der Waals surface area (Å²) in [6.07, 6.45) is 0. The van der Waals surface area contributed by atoms with E-state index in [1.807, 2.05) is 0 Å². The van der Waals surface area contributed by atoms with Crippen LogP contribution in [0, 0.1) is 19.3 Å². The Morgan fingerprint density at radius 3 is 2.18 bits per heavy atom. The van der Waals surface area contributed by atoms with Gasteiger partial charge in [0.1, 0.15) is 5.75 Å². The molecule has 0 heterocycles. The second kappa shape index (κ2) is 5.07. The average Bonchev–Trinajstić information content (AvgIpc) is 2.21. The normalized spacial score (nSPS) is 13.6. The molecule has 1 rings (SSSR count). The number of hydrogen-bond donors (Lipinski definition) is 2. The van der Waals surface area contributed by atoms with Gasteiger partial charge in [-0.25, -0.2) is 0 Å². The Kier molecular flexibility index (Phi) is 4.17. The monoisotopic (exact) mass is 236 g/mol. The Morgan fingerprint density at radius 1 is 1.18 bits per heavy atom. The van der Waals surface area contributed by atoms with E-state index in [1.165, 1.54) is 11.1 Å². The lowest BCUT2D eigenvalue weighted by molar-refractivity contribution is 0.274. The van der Waals surface area contributed by atoms with E-state index in [2.05, 4.69) is 52.2 Å². The molecular formula is C14H24N2O. The molecule has 3 N–H and O–H groups in total. The topological polar surface area (TPSA) is 47.3 Å². The number of nitrogens with one attached hydrogen (secondary N) is 1. The van der Waals surface area contributed by atoms with Crippen LogP contribution in [0.15, 0.2) is 12.1 Å². The molecule has 3 nitrogen and oxygen atoms in total. The van der Waals surface area contributed by atoms with E-state index in [0.29, 0.717) is 0 Å². The summed E-state index contributed by atoms with van der Waals surface area (Å²) >= 11 is 0. The fourth-order valence-corrected chi connectivity index (χ4v) is 2.15. The van der Waals surface area contributed by atoms with Crippen LogP contribution in [0.2, 0.25) is 0 Å². The zero-order chi connectivity index (χ0) is 13.2. The van der Waals surface area contributed by atoms with E-state index in [0.717, 1.165) is 11.3 Å². The smallest absolute Gasteiger partial charge is 0.122 e. The van der Waals surface area contributed by atoms with Crippen LogP contribution in [0.3, 0.4) is 0 Å². The molecule has 0 radical (unpaired) electrons. The highest BCUT2D eigenvalue weighted by molar-refractivity contribution is 5.43. The Morgan fingerprint density at radius 2 is 1.76 bits per heavy atom. The average molecular weight is 236 g/mol. The quantitative estimate of drug-likeness (QED) is 0.626. The van der Waals surface area contributed by atoms with Gasteiger partial charge in [0.05, 0.1) is 13.2 Å². The molecule has 1 aromatic rings. The van der Waals surface area contributed by atoms with E-state index < -0.39 is 0 Å². The summed E-state index contributed by atoms with van der Waals surface area (Å²) in [4.78, 5) is 0. The van der Waals surface area contributed by atoms with Gasteiger partial charge in [0.2, 0.25) is 0 Å². The highest BCUT2D eigenvalue weighted by Gasteiger charge is 2.26. The molecule has 0 saturated carbocycles. The number of benzene rings is 1. The highest BCUT2D eigenvalue weighted by Crippen LogP contribution is 2.36. The van der Waals surface area contributed by atoms with Crippen LogP contribution in [0.1, 0.15) is 43.5 Å². The van der Waals surface area contributed by atoms with Crippen LogP contribution in [0.25, 0.3) is 0 Å². The zero-order valence-electron chi connectivity index (χ0n) is 11.7. The van der Waals surface area contributed by atoms with E-state index in [1.54, 1.807) is 7.11 Å². The first kappa shape index (κ1) is 14.0. The van der Waals surface area contributed by atoms with Gasteiger partial charge in [0.15, 0.2) is 0 Å². The summed E-state index contributed by atoms with van der Waals surface area (Å²) in [7, 11) is 1.70. The molecule has 3 heteroatoms. The molecule has 0 spiro atoms. The maximum Gasteiger partial charge on any atom is 0.122 e. The fraction of sp³-hybridized carbons (Fsp3) is 0.571. The van der Waals surface area contributed by atoms with E-state index >= 15 is 0 Å². The minimum absolute atomic E-state index is 0.0700. The fourth-order valence-electron chi connectivity index (χ4n) is 2.15. The Bertz CT molecular complexity index is 394. The number of nitrogens with two attached hydrogens (primary N) is 1. The predicted molar refractivity (Wildman–Crippen MR) is 72.0 cm³/mol. The van der Waals surface area contributed by atoms with E-state index in [-0.39, 0.29) is 11.5 Å². The molecule has 0 fully saturated rings. The van der Waals surface area contributed by atoms with Gasteiger partial charge in [-0.3, -0.25) is 11.3 Å². The second-order valence-corrected chi connectivity index (χ2v) is 5.64. The molecule has 0 aliphatic heterocycles. The summed E-state index contributed by atoms with van der Waals surface area (Å²) in [5.41, 5.74) is 6.56. The van der Waals surface area contributed by atoms with Gasteiger partial charge in [-0.2, -0.15) is 0 Å². The van der Waals surface area contributed by atoms with Crippen molar-refractivity contribution in [1.82, 2.24) is 5.43 Å². The largest absolute Gasteiger partial charge is 0.496 e. The molecule has 0 saturated heterocycles. The van der Waals surface area contributed by atoms with Gasteiger partial charge < -0.3 is 4.74 Å². The summed E-state index contributed by atoms with van der Waals surface area (Å²) < 4.78 is 5.33. The molecule has 0 bridgehead atoms. The third-order valence-electron chi connectivity index (χ3n) is 3.13. The Hall–Kier alpha value is -1.06. The van der Waals surface area contributed by atoms with Crippen molar-refractivity contribution >= 4 is 0 Å². The summed E-state index contributed by atoms with van der Waals surface area (Å²) in [5.74, 6) is 6.63. The van der Waals surface area contributed by atoms with E-state index in [4.69, 9.17) is 10.6 Å². The molecular weight excluding hydrogens is 212 g/mol. The van der Waals surface area contributed by atoms with Crippen LogP contribution >= 0.6 is 0 Å².